The third kappa shape index (κ3) is 7.68. The first kappa shape index (κ1) is 31.7. The van der Waals surface area contributed by atoms with Crippen molar-refractivity contribution in [3.05, 3.63) is 83.1 Å². The van der Waals surface area contributed by atoms with E-state index in [9.17, 15) is 22.4 Å². The lowest BCUT2D eigenvalue weighted by Gasteiger charge is -2.32. The molecule has 0 heterocycles. The number of carbonyl (C=O) groups excluding carboxylic acids is 2. The molecule has 0 aliphatic rings. The minimum atomic E-state index is -4.37. The molecule has 0 bridgehead atoms. The summed E-state index contributed by atoms with van der Waals surface area (Å²) in [5.41, 5.74) is 0.327. The van der Waals surface area contributed by atoms with Gasteiger partial charge in [-0.25, -0.2) is 12.8 Å². The first-order valence-electron chi connectivity index (χ1n) is 12.7. The van der Waals surface area contributed by atoms with Crippen molar-refractivity contribution in [1.82, 2.24) is 10.2 Å². The Morgan fingerprint density at radius 1 is 0.951 bits per heavy atom. The molecule has 0 saturated heterocycles. The average molecular weight is 606 g/mol. The fourth-order valence-corrected chi connectivity index (χ4v) is 5.59. The van der Waals surface area contributed by atoms with Crippen LogP contribution in [0.3, 0.4) is 0 Å². The number of halogens is 2. The minimum absolute atomic E-state index is 0.155. The number of nitrogens with one attached hydrogen (secondary N) is 1. The van der Waals surface area contributed by atoms with Crippen LogP contribution < -0.4 is 19.1 Å². The SMILES string of the molecule is COc1ccc(S(=O)(=O)N(CC(=O)N(Cc2ccccc2F)C(C)C(=O)NC(C)C)c2ccc(Cl)cc2)cc1OC. The van der Waals surface area contributed by atoms with Crippen LogP contribution in [0, 0.1) is 5.82 Å². The maximum Gasteiger partial charge on any atom is 0.264 e. The monoisotopic (exact) mass is 605 g/mol. The van der Waals surface area contributed by atoms with Crippen molar-refractivity contribution < 1.29 is 31.9 Å². The molecule has 3 rings (SSSR count). The third-order valence-corrected chi connectivity index (χ3v) is 8.26. The quantitative estimate of drug-likeness (QED) is 0.323. The number of anilines is 1. The largest absolute Gasteiger partial charge is 0.493 e. The van der Waals surface area contributed by atoms with Gasteiger partial charge in [0.25, 0.3) is 10.0 Å². The van der Waals surface area contributed by atoms with Crippen LogP contribution in [0.15, 0.2) is 71.6 Å². The number of hydrogen-bond acceptors (Lipinski definition) is 6. The predicted molar refractivity (Wildman–Crippen MR) is 155 cm³/mol. The number of rotatable bonds is 12. The van der Waals surface area contributed by atoms with Gasteiger partial charge in [-0.3, -0.25) is 13.9 Å². The Morgan fingerprint density at radius 3 is 2.17 bits per heavy atom. The minimum Gasteiger partial charge on any atom is -0.493 e. The molecule has 0 aromatic heterocycles. The summed E-state index contributed by atoms with van der Waals surface area (Å²) < 4.78 is 54.0. The molecule has 0 saturated carbocycles. The van der Waals surface area contributed by atoms with Gasteiger partial charge in [-0.15, -0.1) is 0 Å². The van der Waals surface area contributed by atoms with Crippen molar-refractivity contribution in [2.75, 3.05) is 25.1 Å². The number of hydrogen-bond donors (Lipinski definition) is 1. The fraction of sp³-hybridized carbons (Fsp3) is 0.310. The summed E-state index contributed by atoms with van der Waals surface area (Å²) >= 11 is 6.05. The van der Waals surface area contributed by atoms with Gasteiger partial charge < -0.3 is 19.7 Å². The molecular weight excluding hydrogens is 573 g/mol. The van der Waals surface area contributed by atoms with Crippen LogP contribution in [0.4, 0.5) is 10.1 Å². The highest BCUT2D eigenvalue weighted by Crippen LogP contribution is 2.32. The van der Waals surface area contributed by atoms with Gasteiger partial charge in [0.2, 0.25) is 11.8 Å². The molecular formula is C29H33ClFN3O6S. The van der Waals surface area contributed by atoms with Gasteiger partial charge in [-0.05, 0) is 63.2 Å². The lowest BCUT2D eigenvalue weighted by Crippen LogP contribution is -2.52. The summed E-state index contributed by atoms with van der Waals surface area (Å²) in [6.45, 7) is 4.10. The van der Waals surface area contributed by atoms with Crippen LogP contribution in [0.1, 0.15) is 26.3 Å². The molecule has 220 valence electrons. The molecule has 0 aliphatic heterocycles. The zero-order valence-corrected chi connectivity index (χ0v) is 25.0. The summed E-state index contributed by atoms with van der Waals surface area (Å²) in [5, 5.41) is 3.11. The first-order valence-corrected chi connectivity index (χ1v) is 14.5. The van der Waals surface area contributed by atoms with Crippen molar-refractivity contribution in [3.63, 3.8) is 0 Å². The van der Waals surface area contributed by atoms with E-state index in [1.807, 2.05) is 0 Å². The fourth-order valence-electron chi connectivity index (χ4n) is 4.04. The van der Waals surface area contributed by atoms with Crippen LogP contribution in [0.2, 0.25) is 5.02 Å². The number of ether oxygens (including phenoxy) is 2. The van der Waals surface area contributed by atoms with Gasteiger partial charge in [0.1, 0.15) is 18.4 Å². The second-order valence-corrected chi connectivity index (χ2v) is 11.8. The maximum atomic E-state index is 14.6. The summed E-state index contributed by atoms with van der Waals surface area (Å²) in [5.74, 6) is -1.25. The van der Waals surface area contributed by atoms with Gasteiger partial charge in [0, 0.05) is 29.2 Å². The molecule has 3 aromatic rings. The Balaban J connectivity index is 2.08. The molecule has 0 fully saturated rings. The molecule has 0 radical (unpaired) electrons. The van der Waals surface area contributed by atoms with Gasteiger partial charge >= 0.3 is 0 Å². The van der Waals surface area contributed by atoms with Crippen LogP contribution in [0.25, 0.3) is 0 Å². The van der Waals surface area contributed by atoms with Crippen molar-refractivity contribution in [1.29, 1.82) is 0 Å². The smallest absolute Gasteiger partial charge is 0.264 e. The third-order valence-electron chi connectivity index (χ3n) is 6.23. The topological polar surface area (TPSA) is 105 Å². The van der Waals surface area contributed by atoms with E-state index in [2.05, 4.69) is 5.32 Å². The summed E-state index contributed by atoms with van der Waals surface area (Å²) in [4.78, 5) is 27.8. The highest BCUT2D eigenvalue weighted by Gasteiger charge is 2.33. The Labute approximate surface area is 244 Å². The number of benzene rings is 3. The van der Waals surface area contributed by atoms with E-state index >= 15 is 0 Å². The second-order valence-electron chi connectivity index (χ2n) is 9.46. The van der Waals surface area contributed by atoms with E-state index < -0.39 is 40.2 Å². The molecule has 1 atom stereocenters. The molecule has 12 heteroatoms. The van der Waals surface area contributed by atoms with E-state index in [0.29, 0.717) is 10.8 Å². The van der Waals surface area contributed by atoms with Gasteiger partial charge in [-0.1, -0.05) is 29.8 Å². The number of carbonyl (C=O) groups is 2. The van der Waals surface area contributed by atoms with Crippen LogP contribution >= 0.6 is 11.6 Å². The van der Waals surface area contributed by atoms with Crippen LogP contribution in [0.5, 0.6) is 11.5 Å². The molecule has 1 unspecified atom stereocenters. The van der Waals surface area contributed by atoms with E-state index in [1.54, 1.807) is 19.9 Å². The normalized spacial score (nSPS) is 12.0. The lowest BCUT2D eigenvalue weighted by molar-refractivity contribution is -0.139. The number of sulfonamides is 1. The van der Waals surface area contributed by atoms with Crippen molar-refractivity contribution >= 4 is 39.1 Å². The van der Waals surface area contributed by atoms with Crippen LogP contribution in [-0.4, -0.2) is 58.0 Å². The lowest BCUT2D eigenvalue weighted by atomic mass is 10.1. The van der Waals surface area contributed by atoms with Crippen LogP contribution in [-0.2, 0) is 26.2 Å². The summed E-state index contributed by atoms with van der Waals surface area (Å²) in [7, 11) is -1.57. The zero-order chi connectivity index (χ0) is 30.3. The van der Waals surface area contributed by atoms with Crippen molar-refractivity contribution in [3.8, 4) is 11.5 Å². The van der Waals surface area contributed by atoms with Crippen molar-refractivity contribution in [2.45, 2.75) is 44.3 Å². The summed E-state index contributed by atoms with van der Waals surface area (Å²) in [6.07, 6.45) is 0. The Morgan fingerprint density at radius 2 is 1.59 bits per heavy atom. The highest BCUT2D eigenvalue weighted by molar-refractivity contribution is 7.92. The molecule has 1 N–H and O–H groups in total. The molecule has 41 heavy (non-hydrogen) atoms. The Kier molecular flexibility index (Phi) is 10.6. The molecule has 0 spiro atoms. The molecule has 0 aliphatic carbocycles. The second kappa shape index (κ2) is 13.7. The predicted octanol–water partition coefficient (Wildman–Crippen LogP) is 4.63. The van der Waals surface area contributed by atoms with Gasteiger partial charge in [0.05, 0.1) is 24.8 Å². The van der Waals surface area contributed by atoms with Gasteiger partial charge in [-0.2, -0.15) is 0 Å². The Bertz CT molecular complexity index is 1480. The maximum absolute atomic E-state index is 14.6. The van der Waals surface area contributed by atoms with E-state index in [4.69, 9.17) is 21.1 Å². The summed E-state index contributed by atoms with van der Waals surface area (Å²) in [6, 6.07) is 14.6. The van der Waals surface area contributed by atoms with E-state index in [0.717, 1.165) is 9.21 Å². The Hall–Kier alpha value is -3.83. The highest BCUT2D eigenvalue weighted by atomic mass is 35.5. The average Bonchev–Trinajstić information content (AvgIpc) is 2.94. The molecule has 3 aromatic carbocycles. The number of amides is 2. The van der Waals surface area contributed by atoms with E-state index in [-0.39, 0.29) is 34.5 Å². The standard InChI is InChI=1S/C29H33ClFN3O6S/c1-19(2)32-29(36)20(3)33(17-21-8-6-7-9-25(21)31)28(35)18-34(23-12-10-22(30)11-13-23)41(37,38)24-14-15-26(39-4)27(16-24)40-5/h6-16,19-20H,17-18H2,1-5H3,(H,32,36). The number of methoxy groups -OCH3 is 2. The first-order chi connectivity index (χ1) is 19.4. The molecule has 9 nitrogen and oxygen atoms in total. The van der Waals surface area contributed by atoms with Gasteiger partial charge in [0.15, 0.2) is 11.5 Å². The molecule has 2 amide bonds. The van der Waals surface area contributed by atoms with Crippen molar-refractivity contribution in [2.24, 2.45) is 0 Å². The number of nitrogens with zero attached hydrogens (tertiary/aromatic N) is 2. The van der Waals surface area contributed by atoms with E-state index in [1.165, 1.54) is 81.8 Å². The zero-order valence-electron chi connectivity index (χ0n) is 23.4.